The van der Waals surface area contributed by atoms with Crippen molar-refractivity contribution in [3.05, 3.63) is 84.2 Å². The fourth-order valence-electron chi connectivity index (χ4n) is 3.52. The van der Waals surface area contributed by atoms with Gasteiger partial charge in [-0.05, 0) is 54.1 Å². The third kappa shape index (κ3) is 5.55. The molecule has 0 aliphatic rings. The van der Waals surface area contributed by atoms with Crippen LogP contribution in [-0.2, 0) is 22.7 Å². The van der Waals surface area contributed by atoms with Crippen LogP contribution in [0.1, 0.15) is 5.56 Å². The van der Waals surface area contributed by atoms with E-state index in [1.54, 1.807) is 24.3 Å². The Morgan fingerprint density at radius 1 is 0.971 bits per heavy atom. The molecular formula is C25H25FN6O2. The van der Waals surface area contributed by atoms with E-state index in [1.165, 1.54) is 21.7 Å². The zero-order valence-electron chi connectivity index (χ0n) is 19.0. The van der Waals surface area contributed by atoms with Crippen LogP contribution in [0, 0.1) is 5.82 Å². The van der Waals surface area contributed by atoms with Gasteiger partial charge in [-0.25, -0.2) is 9.07 Å². The summed E-state index contributed by atoms with van der Waals surface area (Å²) in [5.74, 6) is -1.01. The number of aromatic nitrogens is 3. The fraction of sp³-hybridized carbons (Fsp3) is 0.200. The Bertz CT molecular complexity index is 1290. The van der Waals surface area contributed by atoms with Crippen LogP contribution in [0.15, 0.2) is 72.8 Å². The van der Waals surface area contributed by atoms with Crippen LogP contribution in [0.4, 0.5) is 15.8 Å². The average molecular weight is 461 g/mol. The van der Waals surface area contributed by atoms with Gasteiger partial charge in [0.25, 0.3) is 0 Å². The highest BCUT2D eigenvalue weighted by atomic mass is 19.1. The van der Waals surface area contributed by atoms with Gasteiger partial charge in [-0.2, -0.15) is 0 Å². The van der Waals surface area contributed by atoms with E-state index in [0.717, 1.165) is 11.2 Å². The third-order valence-electron chi connectivity index (χ3n) is 5.35. The van der Waals surface area contributed by atoms with E-state index in [9.17, 15) is 14.0 Å². The second kappa shape index (κ2) is 10.1. The second-order valence-electron chi connectivity index (χ2n) is 8.10. The van der Waals surface area contributed by atoms with Crippen molar-refractivity contribution in [1.82, 2.24) is 19.9 Å². The van der Waals surface area contributed by atoms with Crippen molar-refractivity contribution in [2.75, 3.05) is 30.9 Å². The summed E-state index contributed by atoms with van der Waals surface area (Å²) in [5.41, 5.74) is 3.75. The van der Waals surface area contributed by atoms with Gasteiger partial charge in [0.1, 0.15) is 24.4 Å². The van der Waals surface area contributed by atoms with Crippen molar-refractivity contribution >= 4 is 34.2 Å². The minimum Gasteiger partial charge on any atom is -0.378 e. The van der Waals surface area contributed by atoms with Crippen molar-refractivity contribution in [1.29, 1.82) is 0 Å². The number of benzene rings is 3. The van der Waals surface area contributed by atoms with Crippen molar-refractivity contribution in [3.63, 3.8) is 0 Å². The Morgan fingerprint density at radius 3 is 2.38 bits per heavy atom. The fourth-order valence-corrected chi connectivity index (χ4v) is 3.52. The Labute approximate surface area is 196 Å². The molecule has 3 aromatic carbocycles. The normalized spacial score (nSPS) is 10.8. The summed E-state index contributed by atoms with van der Waals surface area (Å²) in [5, 5.41) is 11.0. The Hall–Kier alpha value is -4.27. The van der Waals surface area contributed by atoms with Gasteiger partial charge in [0.05, 0.1) is 5.52 Å². The molecule has 8 nitrogen and oxygen atoms in total. The molecule has 0 bridgehead atoms. The van der Waals surface area contributed by atoms with E-state index < -0.39 is 0 Å². The smallest absolute Gasteiger partial charge is 0.245 e. The van der Waals surface area contributed by atoms with Gasteiger partial charge < -0.3 is 15.1 Å². The highest BCUT2D eigenvalue weighted by molar-refractivity contribution is 5.94. The number of carbonyl (C=O) groups is 2. The first-order valence-corrected chi connectivity index (χ1v) is 10.8. The van der Waals surface area contributed by atoms with Gasteiger partial charge in [-0.15, -0.1) is 5.10 Å². The van der Waals surface area contributed by atoms with E-state index in [4.69, 9.17) is 0 Å². The summed E-state index contributed by atoms with van der Waals surface area (Å²) in [6, 6.07) is 20.6. The molecule has 1 N–H and O–H groups in total. The zero-order chi connectivity index (χ0) is 24.1. The average Bonchev–Trinajstić information content (AvgIpc) is 3.23. The lowest BCUT2D eigenvalue weighted by molar-refractivity contribution is -0.136. The molecule has 0 saturated heterocycles. The van der Waals surface area contributed by atoms with Gasteiger partial charge in [-0.1, -0.05) is 29.5 Å². The van der Waals surface area contributed by atoms with Crippen molar-refractivity contribution in [3.8, 4) is 0 Å². The van der Waals surface area contributed by atoms with Crippen molar-refractivity contribution < 1.29 is 14.0 Å². The van der Waals surface area contributed by atoms with Gasteiger partial charge in [0, 0.05) is 32.0 Å². The molecule has 4 rings (SSSR count). The maximum Gasteiger partial charge on any atom is 0.245 e. The summed E-state index contributed by atoms with van der Waals surface area (Å²) in [6.07, 6.45) is 0. The molecule has 9 heteroatoms. The number of amides is 2. The number of rotatable bonds is 8. The molecule has 0 atom stereocenters. The topological polar surface area (TPSA) is 83.4 Å². The number of nitrogens with one attached hydrogen (secondary N) is 1. The first-order valence-electron chi connectivity index (χ1n) is 10.8. The predicted molar refractivity (Wildman–Crippen MR) is 129 cm³/mol. The summed E-state index contributed by atoms with van der Waals surface area (Å²) in [4.78, 5) is 29.4. The maximum absolute atomic E-state index is 13.3. The quantitative estimate of drug-likeness (QED) is 0.436. The van der Waals surface area contributed by atoms with Crippen LogP contribution in [-0.4, -0.2) is 52.3 Å². The molecular weight excluding hydrogens is 435 g/mol. The predicted octanol–water partition coefficient (Wildman–Crippen LogP) is 3.30. The van der Waals surface area contributed by atoms with E-state index in [2.05, 4.69) is 15.6 Å². The summed E-state index contributed by atoms with van der Waals surface area (Å²) in [6.45, 7) is -0.0937. The summed E-state index contributed by atoms with van der Waals surface area (Å²) >= 11 is 0. The lowest BCUT2D eigenvalue weighted by atomic mass is 10.2. The molecule has 174 valence electrons. The number of hydrogen-bond acceptors (Lipinski definition) is 5. The molecule has 0 saturated carbocycles. The van der Waals surface area contributed by atoms with Crippen molar-refractivity contribution in [2.45, 2.75) is 13.1 Å². The Kier molecular flexibility index (Phi) is 6.82. The van der Waals surface area contributed by atoms with Crippen LogP contribution in [0.3, 0.4) is 0 Å². The van der Waals surface area contributed by atoms with Crippen LogP contribution in [0.25, 0.3) is 11.0 Å². The minimum atomic E-state index is -0.366. The number of halogens is 1. The standard InChI is InChI=1S/C25H25FN6O2/c1-30(2)21-13-11-20(12-14-21)27-24(33)16-31(15-18-7-9-19(26)10-8-18)25(34)17-32-23-6-4-3-5-22(23)28-29-32/h3-14H,15-17H2,1-2H3,(H,27,33). The van der Waals surface area contributed by atoms with E-state index in [-0.39, 0.29) is 37.3 Å². The molecule has 0 fully saturated rings. The van der Waals surface area contributed by atoms with E-state index in [1.807, 2.05) is 55.4 Å². The SMILES string of the molecule is CN(C)c1ccc(NC(=O)CN(Cc2ccc(F)cc2)C(=O)Cn2nnc3ccccc32)cc1. The number of para-hydroxylation sites is 1. The second-order valence-corrected chi connectivity index (χ2v) is 8.10. The summed E-state index contributed by atoms with van der Waals surface area (Å²) < 4.78 is 14.9. The molecule has 2 amide bonds. The molecule has 34 heavy (non-hydrogen) atoms. The van der Waals surface area contributed by atoms with E-state index >= 15 is 0 Å². The molecule has 0 spiro atoms. The lowest BCUT2D eigenvalue weighted by Crippen LogP contribution is -2.39. The molecule has 0 aliphatic heterocycles. The number of carbonyl (C=O) groups excluding carboxylic acids is 2. The number of anilines is 2. The van der Waals surface area contributed by atoms with Crippen LogP contribution in [0.5, 0.6) is 0 Å². The monoisotopic (exact) mass is 460 g/mol. The van der Waals surface area contributed by atoms with Crippen LogP contribution in [0.2, 0.25) is 0 Å². The maximum atomic E-state index is 13.3. The number of nitrogens with zero attached hydrogens (tertiary/aromatic N) is 5. The highest BCUT2D eigenvalue weighted by Crippen LogP contribution is 2.16. The molecule has 4 aromatic rings. The van der Waals surface area contributed by atoms with Crippen LogP contribution >= 0.6 is 0 Å². The lowest BCUT2D eigenvalue weighted by Gasteiger charge is -2.22. The first kappa shape index (κ1) is 22.9. The largest absolute Gasteiger partial charge is 0.378 e. The van der Waals surface area contributed by atoms with Gasteiger partial charge in [0.15, 0.2) is 0 Å². The number of fused-ring (bicyclic) bond motifs is 1. The molecule has 0 aliphatic carbocycles. The Morgan fingerprint density at radius 2 is 1.68 bits per heavy atom. The summed E-state index contributed by atoms with van der Waals surface area (Å²) in [7, 11) is 3.87. The highest BCUT2D eigenvalue weighted by Gasteiger charge is 2.20. The third-order valence-corrected chi connectivity index (χ3v) is 5.35. The molecule has 0 radical (unpaired) electrons. The number of hydrogen-bond donors (Lipinski definition) is 1. The Balaban J connectivity index is 1.50. The van der Waals surface area contributed by atoms with Gasteiger partial charge in [-0.3, -0.25) is 9.59 Å². The molecule has 1 heterocycles. The first-order chi connectivity index (χ1) is 16.4. The van der Waals surface area contributed by atoms with Crippen LogP contribution < -0.4 is 10.2 Å². The van der Waals surface area contributed by atoms with E-state index in [0.29, 0.717) is 16.8 Å². The zero-order valence-corrected chi connectivity index (χ0v) is 19.0. The molecule has 1 aromatic heterocycles. The minimum absolute atomic E-state index is 0.0769. The van der Waals surface area contributed by atoms with Gasteiger partial charge in [0.2, 0.25) is 11.8 Å². The molecule has 0 unspecified atom stereocenters. The van der Waals surface area contributed by atoms with Gasteiger partial charge >= 0.3 is 0 Å². The van der Waals surface area contributed by atoms with Crippen molar-refractivity contribution in [2.24, 2.45) is 0 Å².